The molecule has 0 radical (unpaired) electrons. The Morgan fingerprint density at radius 1 is 1.25 bits per heavy atom. The third-order valence-electron chi connectivity index (χ3n) is 5.17. The summed E-state index contributed by atoms with van der Waals surface area (Å²) in [6, 6.07) is 5.58. The highest BCUT2D eigenvalue weighted by molar-refractivity contribution is 6.05. The molecule has 5 heterocycles. The molecule has 1 amide bonds. The van der Waals surface area contributed by atoms with E-state index in [1.807, 2.05) is 6.07 Å². The van der Waals surface area contributed by atoms with Gasteiger partial charge >= 0.3 is 0 Å². The quantitative estimate of drug-likeness (QED) is 0.506. The minimum atomic E-state index is -0.718. The molecule has 0 saturated carbocycles. The topological polar surface area (TPSA) is 126 Å². The van der Waals surface area contributed by atoms with Crippen molar-refractivity contribution in [2.24, 2.45) is 0 Å². The van der Waals surface area contributed by atoms with Gasteiger partial charge in [-0.1, -0.05) is 6.07 Å². The molecule has 0 spiro atoms. The number of carbonyl (C=O) groups is 1. The first-order valence-electron chi connectivity index (χ1n) is 9.87. The van der Waals surface area contributed by atoms with Gasteiger partial charge < -0.3 is 14.6 Å². The van der Waals surface area contributed by atoms with Crippen LogP contribution in [0.15, 0.2) is 36.8 Å². The minimum Gasteiger partial charge on any atom is -0.479 e. The number of fused-ring (bicyclic) bond motifs is 1. The van der Waals surface area contributed by atoms with Crippen molar-refractivity contribution in [3.63, 3.8) is 0 Å². The number of anilines is 1. The Morgan fingerprint density at radius 2 is 2.12 bits per heavy atom. The summed E-state index contributed by atoms with van der Waals surface area (Å²) in [7, 11) is 1.39. The third kappa shape index (κ3) is 3.45. The molecule has 0 fully saturated rings. The van der Waals surface area contributed by atoms with E-state index in [-0.39, 0.29) is 17.3 Å². The predicted molar refractivity (Wildman–Crippen MR) is 110 cm³/mol. The number of carbonyl (C=O) groups excluding carboxylic acids is 1. The lowest BCUT2D eigenvalue weighted by Crippen LogP contribution is -2.14. The van der Waals surface area contributed by atoms with Crippen molar-refractivity contribution in [3.8, 4) is 23.2 Å². The van der Waals surface area contributed by atoms with E-state index < -0.39 is 11.9 Å². The first-order valence-corrected chi connectivity index (χ1v) is 9.87. The third-order valence-corrected chi connectivity index (χ3v) is 5.17. The van der Waals surface area contributed by atoms with E-state index >= 15 is 0 Å². The molecule has 0 aliphatic carbocycles. The predicted octanol–water partition coefficient (Wildman–Crippen LogP) is 2.22. The first kappa shape index (κ1) is 19.7. The maximum Gasteiger partial charge on any atom is 0.263 e. The first-order chi connectivity index (χ1) is 15.5. The number of methoxy groups -OCH3 is 1. The Labute approximate surface area is 181 Å². The van der Waals surface area contributed by atoms with Crippen molar-refractivity contribution < 1.29 is 13.9 Å². The summed E-state index contributed by atoms with van der Waals surface area (Å²) in [5.41, 5.74) is 0.766. The molecule has 1 aliphatic heterocycles. The van der Waals surface area contributed by atoms with Crippen LogP contribution in [0.25, 0.3) is 17.3 Å². The van der Waals surface area contributed by atoms with Crippen molar-refractivity contribution in [1.29, 1.82) is 0 Å². The molecule has 1 atom stereocenters. The van der Waals surface area contributed by atoms with E-state index in [9.17, 15) is 9.18 Å². The fourth-order valence-electron chi connectivity index (χ4n) is 3.62. The summed E-state index contributed by atoms with van der Waals surface area (Å²) in [4.78, 5) is 24.9. The van der Waals surface area contributed by atoms with Crippen LogP contribution < -0.4 is 10.1 Å². The number of pyridine rings is 1. The number of nitrogens with zero attached hydrogens (tertiary/aromatic N) is 8. The summed E-state index contributed by atoms with van der Waals surface area (Å²) in [5.74, 6) is 1.06. The van der Waals surface area contributed by atoms with E-state index in [1.165, 1.54) is 24.2 Å². The van der Waals surface area contributed by atoms with Crippen molar-refractivity contribution in [2.45, 2.75) is 25.8 Å². The molecule has 32 heavy (non-hydrogen) atoms. The average Bonchev–Trinajstić information content (AvgIpc) is 3.51. The summed E-state index contributed by atoms with van der Waals surface area (Å²) < 4.78 is 21.6. The molecule has 11 nitrogen and oxygen atoms in total. The second kappa shape index (κ2) is 7.80. The number of halogens is 1. The van der Waals surface area contributed by atoms with E-state index in [0.717, 1.165) is 24.9 Å². The molecule has 4 aromatic heterocycles. The molecule has 12 heteroatoms. The highest BCUT2D eigenvalue weighted by atomic mass is 19.1. The summed E-state index contributed by atoms with van der Waals surface area (Å²) >= 11 is 0. The van der Waals surface area contributed by atoms with Gasteiger partial charge in [0.1, 0.15) is 22.9 Å². The number of hydrogen-bond donors (Lipinski definition) is 1. The van der Waals surface area contributed by atoms with E-state index in [2.05, 4.69) is 47.1 Å². The van der Waals surface area contributed by atoms with Gasteiger partial charge in [0, 0.05) is 18.7 Å². The van der Waals surface area contributed by atoms with Gasteiger partial charge in [-0.25, -0.2) is 19.6 Å². The SMILES string of the molecule is COc1nn(-c2cnc(F)cn2)cc1C(=O)Nc1cccc(-c2nnc3n2[C@H](C)CC3)n1. The van der Waals surface area contributed by atoms with Crippen LogP contribution in [0, 0.1) is 5.95 Å². The monoisotopic (exact) mass is 435 g/mol. The Balaban J connectivity index is 1.41. The second-order valence-electron chi connectivity index (χ2n) is 7.25. The fourth-order valence-corrected chi connectivity index (χ4v) is 3.62. The van der Waals surface area contributed by atoms with Crippen LogP contribution in [-0.2, 0) is 6.42 Å². The molecule has 1 N–H and O–H groups in total. The largest absolute Gasteiger partial charge is 0.479 e. The van der Waals surface area contributed by atoms with Crippen molar-refractivity contribution in [1.82, 2.24) is 39.5 Å². The summed E-state index contributed by atoms with van der Waals surface area (Å²) in [6.07, 6.45) is 5.48. The van der Waals surface area contributed by atoms with Crippen LogP contribution >= 0.6 is 0 Å². The van der Waals surface area contributed by atoms with Gasteiger partial charge in [-0.3, -0.25) is 4.79 Å². The van der Waals surface area contributed by atoms with Crippen LogP contribution in [0.1, 0.15) is 35.6 Å². The molecule has 0 bridgehead atoms. The Kier molecular flexibility index (Phi) is 4.81. The highest BCUT2D eigenvalue weighted by Crippen LogP contribution is 2.30. The van der Waals surface area contributed by atoms with Crippen molar-refractivity contribution in [3.05, 3.63) is 54.1 Å². The number of aryl methyl sites for hydroxylation is 1. The Morgan fingerprint density at radius 3 is 2.91 bits per heavy atom. The summed E-state index contributed by atoms with van der Waals surface area (Å²) in [5, 5.41) is 15.4. The maximum atomic E-state index is 13.0. The zero-order chi connectivity index (χ0) is 22.2. The van der Waals surface area contributed by atoms with Gasteiger partial charge in [-0.2, -0.15) is 4.39 Å². The van der Waals surface area contributed by atoms with E-state index in [4.69, 9.17) is 4.74 Å². The lowest BCUT2D eigenvalue weighted by atomic mass is 10.2. The zero-order valence-corrected chi connectivity index (χ0v) is 17.2. The van der Waals surface area contributed by atoms with Gasteiger partial charge in [0.25, 0.3) is 5.91 Å². The summed E-state index contributed by atoms with van der Waals surface area (Å²) in [6.45, 7) is 2.12. The van der Waals surface area contributed by atoms with E-state index in [1.54, 1.807) is 12.1 Å². The molecule has 0 unspecified atom stereocenters. The number of rotatable bonds is 5. The van der Waals surface area contributed by atoms with Crippen molar-refractivity contribution in [2.75, 3.05) is 12.4 Å². The molecule has 1 aliphatic rings. The Hall–Kier alpha value is -4.22. The van der Waals surface area contributed by atoms with Crippen LogP contribution in [-0.4, -0.2) is 52.5 Å². The van der Waals surface area contributed by atoms with Gasteiger partial charge in [-0.05, 0) is 25.5 Å². The number of ether oxygens (including phenoxy) is 1. The number of nitrogens with one attached hydrogen (secondary N) is 1. The molecule has 0 aromatic carbocycles. The number of hydrogen-bond acceptors (Lipinski definition) is 8. The molecule has 162 valence electrons. The minimum absolute atomic E-state index is 0.0777. The van der Waals surface area contributed by atoms with Gasteiger partial charge in [0.15, 0.2) is 11.6 Å². The second-order valence-corrected chi connectivity index (χ2v) is 7.25. The molecule has 4 aromatic rings. The lowest BCUT2D eigenvalue weighted by molar-refractivity contribution is 0.102. The van der Waals surface area contributed by atoms with Gasteiger partial charge in [0.2, 0.25) is 11.8 Å². The number of amides is 1. The van der Waals surface area contributed by atoms with Crippen LogP contribution in [0.5, 0.6) is 5.88 Å². The van der Waals surface area contributed by atoms with E-state index in [0.29, 0.717) is 23.4 Å². The lowest BCUT2D eigenvalue weighted by Gasteiger charge is -2.10. The van der Waals surface area contributed by atoms with Crippen LogP contribution in [0.4, 0.5) is 10.2 Å². The Bertz CT molecular complexity index is 1300. The number of aromatic nitrogens is 8. The standard InChI is InChI=1S/C20H18FN9O2/c1-11-6-7-16-26-27-18(30(11)16)13-4-3-5-15(24-13)25-19(31)12-10-29(28-20(12)32-2)17-9-22-14(21)8-23-17/h3-5,8-11H,6-7H2,1-2H3,(H,24,25,31)/t11-/m1/s1. The average molecular weight is 435 g/mol. The normalized spacial score (nSPS) is 14.9. The molecule has 0 saturated heterocycles. The van der Waals surface area contributed by atoms with Crippen LogP contribution in [0.3, 0.4) is 0 Å². The molecular formula is C20H18FN9O2. The van der Waals surface area contributed by atoms with Crippen LogP contribution in [0.2, 0.25) is 0 Å². The van der Waals surface area contributed by atoms with Gasteiger partial charge in [-0.15, -0.1) is 15.3 Å². The molecular weight excluding hydrogens is 417 g/mol. The molecule has 5 rings (SSSR count). The van der Waals surface area contributed by atoms with Crippen molar-refractivity contribution >= 4 is 11.7 Å². The smallest absolute Gasteiger partial charge is 0.263 e. The maximum absolute atomic E-state index is 13.0. The highest BCUT2D eigenvalue weighted by Gasteiger charge is 2.25. The zero-order valence-electron chi connectivity index (χ0n) is 17.2. The van der Waals surface area contributed by atoms with Gasteiger partial charge in [0.05, 0.1) is 19.5 Å². The fraction of sp³-hybridized carbons (Fsp3) is 0.250.